The highest BCUT2D eigenvalue weighted by Crippen LogP contribution is 2.36. The summed E-state index contributed by atoms with van der Waals surface area (Å²) in [5.41, 5.74) is 1.08. The Kier molecular flexibility index (Phi) is 5.71. The van der Waals surface area contributed by atoms with Crippen LogP contribution in [0, 0.1) is 17.0 Å². The van der Waals surface area contributed by atoms with Crippen molar-refractivity contribution >= 4 is 23.3 Å². The van der Waals surface area contributed by atoms with E-state index in [2.05, 4.69) is 22.2 Å². The number of hydrogen-bond acceptors (Lipinski definition) is 6. The Morgan fingerprint density at radius 2 is 2.00 bits per heavy atom. The van der Waals surface area contributed by atoms with Gasteiger partial charge in [0.15, 0.2) is 5.03 Å². The first kappa shape index (κ1) is 16.2. The summed E-state index contributed by atoms with van der Waals surface area (Å²) in [6.45, 7) is 4.72. The number of hydrogen-bond donors (Lipinski definition) is 1. The van der Waals surface area contributed by atoms with Crippen molar-refractivity contribution in [3.8, 4) is 0 Å². The van der Waals surface area contributed by atoms with Crippen molar-refractivity contribution in [3.63, 3.8) is 0 Å². The summed E-state index contributed by atoms with van der Waals surface area (Å²) >= 11 is 1.27. The van der Waals surface area contributed by atoms with Crippen molar-refractivity contribution in [1.29, 1.82) is 0 Å². The summed E-state index contributed by atoms with van der Waals surface area (Å²) in [7, 11) is 0. The third-order valence-electron chi connectivity index (χ3n) is 3.03. The number of nitrogens with one attached hydrogen (secondary N) is 1. The molecule has 1 N–H and O–H groups in total. The second-order valence-electron chi connectivity index (χ2n) is 4.83. The second-order valence-corrected chi connectivity index (χ2v) is 5.89. The maximum atomic E-state index is 11.4. The Morgan fingerprint density at radius 1 is 1.27 bits per heavy atom. The monoisotopic (exact) mass is 318 g/mol. The smallest absolute Gasteiger partial charge is 0.343 e. The summed E-state index contributed by atoms with van der Waals surface area (Å²) in [5.74, 6) is 0.281. The van der Waals surface area contributed by atoms with Crippen molar-refractivity contribution < 1.29 is 4.92 Å². The van der Waals surface area contributed by atoms with Gasteiger partial charge in [0.1, 0.15) is 6.33 Å². The van der Waals surface area contributed by atoms with Crippen LogP contribution in [0.1, 0.15) is 25.3 Å². The molecule has 1 aromatic carbocycles. The average molecular weight is 318 g/mol. The summed E-state index contributed by atoms with van der Waals surface area (Å²) in [5, 5.41) is 14.8. The molecule has 6 nitrogen and oxygen atoms in total. The third-order valence-corrected chi connectivity index (χ3v) is 4.03. The fourth-order valence-corrected chi connectivity index (χ4v) is 2.70. The third kappa shape index (κ3) is 4.17. The number of unbranched alkanes of at least 4 members (excludes halogenated alkanes) is 1. The Balaban J connectivity index is 2.27. The van der Waals surface area contributed by atoms with Gasteiger partial charge in [0, 0.05) is 11.4 Å². The van der Waals surface area contributed by atoms with Crippen LogP contribution in [0.2, 0.25) is 0 Å². The Hall–Kier alpha value is -2.15. The van der Waals surface area contributed by atoms with Crippen LogP contribution >= 0.6 is 11.8 Å². The molecule has 2 aromatic rings. The van der Waals surface area contributed by atoms with Crippen LogP contribution in [0.25, 0.3) is 0 Å². The van der Waals surface area contributed by atoms with Crippen LogP contribution in [0.5, 0.6) is 0 Å². The van der Waals surface area contributed by atoms with Crippen LogP contribution in [-0.4, -0.2) is 21.4 Å². The lowest BCUT2D eigenvalue weighted by Gasteiger charge is -2.08. The largest absolute Gasteiger partial charge is 0.364 e. The molecule has 116 valence electrons. The SMILES string of the molecule is CCCCNc1ncnc(Sc2ccc(C)cc2)c1[N+](=O)[O-]. The molecule has 0 aliphatic heterocycles. The van der Waals surface area contributed by atoms with Gasteiger partial charge in [0.2, 0.25) is 5.82 Å². The molecule has 0 fully saturated rings. The lowest BCUT2D eigenvalue weighted by atomic mass is 10.2. The minimum Gasteiger partial charge on any atom is -0.364 e. The topological polar surface area (TPSA) is 81.0 Å². The molecule has 0 saturated heterocycles. The molecular formula is C15H18N4O2S. The Bertz CT molecular complexity index is 646. The van der Waals surface area contributed by atoms with E-state index in [9.17, 15) is 10.1 Å². The first-order valence-corrected chi connectivity index (χ1v) is 7.91. The molecule has 0 amide bonds. The molecular weight excluding hydrogens is 300 g/mol. The van der Waals surface area contributed by atoms with Crippen LogP contribution < -0.4 is 5.32 Å². The lowest BCUT2D eigenvalue weighted by molar-refractivity contribution is -0.387. The number of aromatic nitrogens is 2. The van der Waals surface area contributed by atoms with Crippen LogP contribution in [0.4, 0.5) is 11.5 Å². The highest BCUT2D eigenvalue weighted by Gasteiger charge is 2.23. The number of anilines is 1. The fourth-order valence-electron chi connectivity index (χ4n) is 1.83. The molecule has 22 heavy (non-hydrogen) atoms. The van der Waals surface area contributed by atoms with Gasteiger partial charge in [0.25, 0.3) is 0 Å². The number of nitrogens with zero attached hydrogens (tertiary/aromatic N) is 3. The normalized spacial score (nSPS) is 10.5. The maximum absolute atomic E-state index is 11.4. The molecule has 0 aliphatic carbocycles. The van der Waals surface area contributed by atoms with Gasteiger partial charge in [-0.25, -0.2) is 9.97 Å². The van der Waals surface area contributed by atoms with E-state index < -0.39 is 4.92 Å². The highest BCUT2D eigenvalue weighted by molar-refractivity contribution is 7.99. The predicted molar refractivity (Wildman–Crippen MR) is 87.4 cm³/mol. The van der Waals surface area contributed by atoms with Crippen molar-refractivity contribution in [1.82, 2.24) is 9.97 Å². The number of nitro groups is 1. The van der Waals surface area contributed by atoms with Gasteiger partial charge in [-0.1, -0.05) is 42.8 Å². The van der Waals surface area contributed by atoms with Gasteiger partial charge >= 0.3 is 5.69 Å². The van der Waals surface area contributed by atoms with Crippen molar-refractivity contribution in [2.45, 2.75) is 36.6 Å². The quantitative estimate of drug-likeness (QED) is 0.359. The van der Waals surface area contributed by atoms with E-state index >= 15 is 0 Å². The van der Waals surface area contributed by atoms with Crippen LogP contribution in [-0.2, 0) is 0 Å². The maximum Gasteiger partial charge on any atom is 0.343 e. The lowest BCUT2D eigenvalue weighted by Crippen LogP contribution is -2.07. The fraction of sp³-hybridized carbons (Fsp3) is 0.333. The summed E-state index contributed by atoms with van der Waals surface area (Å²) < 4.78 is 0. The van der Waals surface area contributed by atoms with Gasteiger partial charge in [-0.3, -0.25) is 10.1 Å². The van der Waals surface area contributed by atoms with Crippen molar-refractivity contribution in [2.75, 3.05) is 11.9 Å². The molecule has 0 aliphatic rings. The first-order valence-electron chi connectivity index (χ1n) is 7.09. The predicted octanol–water partition coefficient (Wildman–Crippen LogP) is 4.06. The molecule has 1 aromatic heterocycles. The zero-order chi connectivity index (χ0) is 15.9. The number of rotatable bonds is 7. The van der Waals surface area contributed by atoms with E-state index in [0.29, 0.717) is 11.6 Å². The molecule has 2 rings (SSSR count). The molecule has 0 bridgehead atoms. The summed E-state index contributed by atoms with van der Waals surface area (Å²) in [6, 6.07) is 7.79. The van der Waals surface area contributed by atoms with E-state index in [0.717, 1.165) is 23.3 Å². The molecule has 0 radical (unpaired) electrons. The molecule has 0 saturated carbocycles. The zero-order valence-electron chi connectivity index (χ0n) is 12.6. The van der Waals surface area contributed by atoms with Gasteiger partial charge in [0.05, 0.1) is 4.92 Å². The second kappa shape index (κ2) is 7.74. The van der Waals surface area contributed by atoms with Gasteiger partial charge in [-0.05, 0) is 25.5 Å². The number of benzene rings is 1. The van der Waals surface area contributed by atoms with E-state index in [4.69, 9.17) is 0 Å². The Morgan fingerprint density at radius 3 is 2.64 bits per heavy atom. The van der Waals surface area contributed by atoms with Gasteiger partial charge in [-0.2, -0.15) is 0 Å². The zero-order valence-corrected chi connectivity index (χ0v) is 13.4. The molecule has 0 unspecified atom stereocenters. The van der Waals surface area contributed by atoms with Crippen molar-refractivity contribution in [3.05, 3.63) is 46.3 Å². The standard InChI is InChI=1S/C15H18N4O2S/c1-3-4-9-16-14-13(19(20)21)15(18-10-17-14)22-12-7-5-11(2)6-8-12/h5-8,10H,3-4,9H2,1-2H3,(H,16,17,18). The minimum atomic E-state index is -0.426. The van der Waals surface area contributed by atoms with E-state index in [-0.39, 0.29) is 11.5 Å². The molecule has 7 heteroatoms. The molecule has 0 spiro atoms. The van der Waals surface area contributed by atoms with Gasteiger partial charge in [-0.15, -0.1) is 0 Å². The van der Waals surface area contributed by atoms with E-state index in [1.165, 1.54) is 18.1 Å². The first-order chi connectivity index (χ1) is 10.6. The molecule has 0 atom stereocenters. The van der Waals surface area contributed by atoms with Gasteiger partial charge < -0.3 is 5.32 Å². The summed E-state index contributed by atoms with van der Waals surface area (Å²) in [6.07, 6.45) is 3.30. The van der Waals surface area contributed by atoms with Crippen molar-refractivity contribution in [2.24, 2.45) is 0 Å². The summed E-state index contributed by atoms with van der Waals surface area (Å²) in [4.78, 5) is 20.0. The van der Waals surface area contributed by atoms with Crippen LogP contribution in [0.3, 0.4) is 0 Å². The number of aryl methyl sites for hydroxylation is 1. The van der Waals surface area contributed by atoms with Crippen LogP contribution in [0.15, 0.2) is 40.5 Å². The minimum absolute atomic E-state index is 0.0656. The molecule has 1 heterocycles. The Labute approximate surface area is 133 Å². The average Bonchev–Trinajstić information content (AvgIpc) is 2.50. The highest BCUT2D eigenvalue weighted by atomic mass is 32.2. The van der Waals surface area contributed by atoms with E-state index in [1.54, 1.807) is 0 Å². The van der Waals surface area contributed by atoms with E-state index in [1.807, 2.05) is 31.2 Å².